The molecule has 0 radical (unpaired) electrons. The third-order valence-electron chi connectivity index (χ3n) is 4.48. The Kier molecular flexibility index (Phi) is 6.62. The molecule has 0 bridgehead atoms. The van der Waals surface area contributed by atoms with Crippen molar-refractivity contribution < 1.29 is 18.7 Å². The molecule has 2 aromatic carbocycles. The molecule has 8 heteroatoms. The van der Waals surface area contributed by atoms with Crippen LogP contribution in [0.4, 0.5) is 0 Å². The van der Waals surface area contributed by atoms with Gasteiger partial charge in [0.05, 0.1) is 12.1 Å². The van der Waals surface area contributed by atoms with Crippen molar-refractivity contribution >= 4 is 23.2 Å². The van der Waals surface area contributed by atoms with Crippen LogP contribution in [-0.2, 0) is 17.8 Å². The molecule has 0 aliphatic rings. The van der Waals surface area contributed by atoms with E-state index in [1.54, 1.807) is 6.07 Å². The van der Waals surface area contributed by atoms with Gasteiger partial charge >= 0.3 is 5.91 Å². The van der Waals surface area contributed by atoms with Crippen LogP contribution in [0, 0.1) is 6.92 Å². The predicted molar refractivity (Wildman–Crippen MR) is 121 cm³/mol. The molecule has 0 unspecified atom stereocenters. The fourth-order valence-electron chi connectivity index (χ4n) is 2.94. The second-order valence-corrected chi connectivity index (χ2v) is 7.92. The highest BCUT2D eigenvalue weighted by molar-refractivity contribution is 7.13. The van der Waals surface area contributed by atoms with E-state index >= 15 is 0 Å². The number of nitrogens with one attached hydrogen (secondary N) is 2. The van der Waals surface area contributed by atoms with Gasteiger partial charge in [-0.1, -0.05) is 42.0 Å². The van der Waals surface area contributed by atoms with E-state index in [1.165, 1.54) is 17.4 Å². The molecule has 0 spiro atoms. The van der Waals surface area contributed by atoms with Gasteiger partial charge in [-0.3, -0.25) is 20.4 Å². The minimum absolute atomic E-state index is 0.0525. The Balaban J connectivity index is 1.25. The number of rotatable bonds is 7. The van der Waals surface area contributed by atoms with Crippen LogP contribution in [0.2, 0.25) is 0 Å². The third kappa shape index (κ3) is 5.61. The number of hydrogen-bond acceptors (Lipinski definition) is 6. The molecule has 0 aliphatic heterocycles. The van der Waals surface area contributed by atoms with E-state index in [1.807, 2.05) is 66.9 Å². The van der Waals surface area contributed by atoms with Crippen LogP contribution in [0.3, 0.4) is 0 Å². The van der Waals surface area contributed by atoms with E-state index < -0.39 is 5.91 Å². The first-order valence-electron chi connectivity index (χ1n) is 9.94. The summed E-state index contributed by atoms with van der Waals surface area (Å²) in [7, 11) is 0. The Morgan fingerprint density at radius 1 is 1.03 bits per heavy atom. The first kappa shape index (κ1) is 21.3. The quantitative estimate of drug-likeness (QED) is 0.412. The minimum atomic E-state index is -0.553. The fourth-order valence-corrected chi connectivity index (χ4v) is 3.76. The topological polar surface area (TPSA) is 93.5 Å². The van der Waals surface area contributed by atoms with Crippen molar-refractivity contribution in [2.75, 3.05) is 0 Å². The number of ether oxygens (including phenoxy) is 1. The zero-order valence-corrected chi connectivity index (χ0v) is 18.1. The molecule has 32 heavy (non-hydrogen) atoms. The summed E-state index contributed by atoms with van der Waals surface area (Å²) in [5.41, 5.74) is 7.54. The summed E-state index contributed by atoms with van der Waals surface area (Å²) < 4.78 is 11.1. The van der Waals surface area contributed by atoms with Crippen LogP contribution in [0.5, 0.6) is 5.75 Å². The summed E-state index contributed by atoms with van der Waals surface area (Å²) in [6.07, 6.45) is 0.0525. The van der Waals surface area contributed by atoms with Gasteiger partial charge in [-0.2, -0.15) is 0 Å². The van der Waals surface area contributed by atoms with E-state index in [0.717, 1.165) is 16.1 Å². The van der Waals surface area contributed by atoms with Gasteiger partial charge in [-0.25, -0.2) is 4.98 Å². The number of aromatic nitrogens is 1. The van der Waals surface area contributed by atoms with Crippen molar-refractivity contribution in [1.29, 1.82) is 0 Å². The Morgan fingerprint density at radius 3 is 2.69 bits per heavy atom. The number of nitrogens with zero attached hydrogens (tertiary/aromatic N) is 1. The molecule has 4 aromatic rings. The van der Waals surface area contributed by atoms with Gasteiger partial charge in [0.25, 0.3) is 0 Å². The maximum Gasteiger partial charge on any atom is 0.305 e. The van der Waals surface area contributed by atoms with Gasteiger partial charge in [-0.15, -0.1) is 11.3 Å². The highest BCUT2D eigenvalue weighted by Gasteiger charge is 2.14. The largest absolute Gasteiger partial charge is 0.486 e. The summed E-state index contributed by atoms with van der Waals surface area (Å²) in [6, 6.07) is 20.5. The van der Waals surface area contributed by atoms with Crippen molar-refractivity contribution in [2.24, 2.45) is 0 Å². The summed E-state index contributed by atoms with van der Waals surface area (Å²) in [5, 5.41) is 2.69. The minimum Gasteiger partial charge on any atom is -0.486 e. The molecule has 2 aromatic heterocycles. The number of carbonyl (C=O) groups is 2. The number of para-hydroxylation sites is 1. The highest BCUT2D eigenvalue weighted by atomic mass is 32.1. The Labute approximate surface area is 189 Å². The van der Waals surface area contributed by atoms with Crippen molar-refractivity contribution in [2.45, 2.75) is 20.0 Å². The summed E-state index contributed by atoms with van der Waals surface area (Å²) in [6.45, 7) is 2.21. The first-order valence-corrected chi connectivity index (χ1v) is 10.8. The summed E-state index contributed by atoms with van der Waals surface area (Å²) >= 11 is 1.47. The Hall–Kier alpha value is -3.91. The summed E-state index contributed by atoms with van der Waals surface area (Å²) in [4.78, 5) is 28.9. The maximum absolute atomic E-state index is 12.2. The lowest BCUT2D eigenvalue weighted by Gasteiger charge is -2.05. The maximum atomic E-state index is 12.2. The molecule has 0 saturated carbocycles. The van der Waals surface area contributed by atoms with Crippen LogP contribution in [0.1, 0.15) is 27.6 Å². The second kappa shape index (κ2) is 9.93. The molecule has 0 atom stereocenters. The monoisotopic (exact) mass is 447 g/mol. The molecule has 2 amide bonds. The number of furan rings is 1. The Morgan fingerprint density at radius 2 is 1.88 bits per heavy atom. The van der Waals surface area contributed by atoms with Crippen molar-refractivity contribution in [1.82, 2.24) is 15.8 Å². The van der Waals surface area contributed by atoms with Crippen LogP contribution in [-0.4, -0.2) is 16.8 Å². The van der Waals surface area contributed by atoms with Crippen LogP contribution in [0.15, 0.2) is 76.5 Å². The molecule has 0 fully saturated rings. The number of amides is 2. The lowest BCUT2D eigenvalue weighted by Crippen LogP contribution is -2.42. The standard InChI is InChI=1S/C24H21N3O4S/c1-16-6-5-7-17(12-16)24-25-18(15-32-24)13-22(28)26-27-23(29)21-11-10-20(31-21)14-30-19-8-3-2-4-9-19/h2-12,15H,13-14H2,1H3,(H,26,28)(H,27,29). The number of carbonyl (C=O) groups excluding carboxylic acids is 2. The molecular formula is C24H21N3O4S. The molecule has 2 N–H and O–H groups in total. The van der Waals surface area contributed by atoms with Crippen molar-refractivity contribution in [3.8, 4) is 16.3 Å². The lowest BCUT2D eigenvalue weighted by atomic mass is 10.1. The van der Waals surface area contributed by atoms with Gasteiger partial charge in [0, 0.05) is 10.9 Å². The van der Waals surface area contributed by atoms with Crippen molar-refractivity contribution in [3.05, 3.63) is 94.9 Å². The van der Waals surface area contributed by atoms with Gasteiger partial charge in [-0.05, 0) is 37.3 Å². The van der Waals surface area contributed by atoms with Crippen LogP contribution >= 0.6 is 11.3 Å². The number of hydrazine groups is 1. The van der Waals surface area contributed by atoms with E-state index in [2.05, 4.69) is 15.8 Å². The van der Waals surface area contributed by atoms with E-state index in [9.17, 15) is 9.59 Å². The zero-order valence-electron chi connectivity index (χ0n) is 17.3. The average molecular weight is 448 g/mol. The molecule has 7 nitrogen and oxygen atoms in total. The molecule has 162 valence electrons. The Bertz CT molecular complexity index is 1220. The molecular weight excluding hydrogens is 426 g/mol. The zero-order chi connectivity index (χ0) is 22.3. The van der Waals surface area contributed by atoms with Crippen LogP contribution in [0.25, 0.3) is 10.6 Å². The van der Waals surface area contributed by atoms with Gasteiger partial charge < -0.3 is 9.15 Å². The normalized spacial score (nSPS) is 10.5. The van der Waals surface area contributed by atoms with E-state index in [0.29, 0.717) is 17.2 Å². The lowest BCUT2D eigenvalue weighted by molar-refractivity contribution is -0.121. The van der Waals surface area contributed by atoms with Gasteiger partial charge in [0.2, 0.25) is 5.91 Å². The van der Waals surface area contributed by atoms with E-state index in [-0.39, 0.29) is 24.7 Å². The number of hydrogen-bond donors (Lipinski definition) is 2. The molecule has 0 saturated heterocycles. The van der Waals surface area contributed by atoms with E-state index in [4.69, 9.17) is 9.15 Å². The van der Waals surface area contributed by atoms with Gasteiger partial charge in [0.1, 0.15) is 23.1 Å². The molecule has 4 rings (SSSR count). The van der Waals surface area contributed by atoms with Crippen LogP contribution < -0.4 is 15.6 Å². The summed E-state index contributed by atoms with van der Waals surface area (Å²) in [5.74, 6) is 0.347. The average Bonchev–Trinajstić information content (AvgIpc) is 3.47. The van der Waals surface area contributed by atoms with Crippen molar-refractivity contribution in [3.63, 3.8) is 0 Å². The number of aryl methyl sites for hydroxylation is 1. The SMILES string of the molecule is Cc1cccc(-c2nc(CC(=O)NNC(=O)c3ccc(COc4ccccc4)o3)cs2)c1. The second-order valence-electron chi connectivity index (χ2n) is 7.06. The number of benzene rings is 2. The third-order valence-corrected chi connectivity index (χ3v) is 5.42. The fraction of sp³-hybridized carbons (Fsp3) is 0.125. The molecule has 2 heterocycles. The molecule has 0 aliphatic carbocycles. The highest BCUT2D eigenvalue weighted by Crippen LogP contribution is 2.24. The smallest absolute Gasteiger partial charge is 0.305 e. The van der Waals surface area contributed by atoms with Gasteiger partial charge in [0.15, 0.2) is 5.76 Å². The number of thiazole rings is 1. The predicted octanol–water partition coefficient (Wildman–Crippen LogP) is 4.29. The first-order chi connectivity index (χ1) is 15.6.